The van der Waals surface area contributed by atoms with Crippen molar-refractivity contribution in [2.24, 2.45) is 0 Å². The van der Waals surface area contributed by atoms with E-state index in [2.05, 4.69) is 37.6 Å². The molecule has 2 heterocycles. The first-order chi connectivity index (χ1) is 6.86. The van der Waals surface area contributed by atoms with Gasteiger partial charge >= 0.3 is 0 Å². The molecular formula is C8H12N6. The third-order valence-electron chi connectivity index (χ3n) is 2.03. The maximum Gasteiger partial charge on any atom is 0.138 e. The Bertz CT molecular complexity index is 351. The smallest absolute Gasteiger partial charge is 0.138 e. The SMILES string of the molecule is CC(NCc1ncn[nH]1)c1ccn[nH]1. The molecule has 2 aromatic heterocycles. The molecule has 2 rings (SSSR count). The summed E-state index contributed by atoms with van der Waals surface area (Å²) in [5.41, 5.74) is 1.06. The predicted octanol–water partition coefficient (Wildman–Crippen LogP) is 0.379. The fraction of sp³-hybridized carbons (Fsp3) is 0.375. The molecule has 0 saturated heterocycles. The predicted molar refractivity (Wildman–Crippen MR) is 50.2 cm³/mol. The lowest BCUT2D eigenvalue weighted by Gasteiger charge is -2.09. The van der Waals surface area contributed by atoms with E-state index in [4.69, 9.17) is 0 Å². The maximum atomic E-state index is 4.01. The van der Waals surface area contributed by atoms with Crippen molar-refractivity contribution in [2.45, 2.75) is 19.5 Å². The average Bonchev–Trinajstić information content (AvgIpc) is 2.87. The summed E-state index contributed by atoms with van der Waals surface area (Å²) in [6.45, 7) is 2.73. The van der Waals surface area contributed by atoms with E-state index in [0.29, 0.717) is 6.54 Å². The normalized spacial score (nSPS) is 12.9. The number of hydrogen-bond acceptors (Lipinski definition) is 4. The first kappa shape index (κ1) is 8.89. The Morgan fingerprint density at radius 3 is 3.00 bits per heavy atom. The summed E-state index contributed by atoms with van der Waals surface area (Å²) in [4.78, 5) is 4.01. The van der Waals surface area contributed by atoms with Crippen LogP contribution in [-0.4, -0.2) is 25.4 Å². The zero-order valence-electron chi connectivity index (χ0n) is 7.86. The second kappa shape index (κ2) is 4.01. The standard InChI is InChI=1S/C8H12N6/c1-6(7-2-3-11-13-7)9-4-8-10-5-12-14-8/h2-3,5-6,9H,4H2,1H3,(H,11,13)(H,10,12,14). The Balaban J connectivity index is 1.87. The summed E-state index contributed by atoms with van der Waals surface area (Å²) in [5.74, 6) is 0.830. The van der Waals surface area contributed by atoms with Gasteiger partial charge in [-0.25, -0.2) is 4.98 Å². The molecule has 6 heteroatoms. The van der Waals surface area contributed by atoms with Crippen molar-refractivity contribution in [3.63, 3.8) is 0 Å². The van der Waals surface area contributed by atoms with Crippen molar-refractivity contribution in [3.8, 4) is 0 Å². The number of nitrogens with zero attached hydrogens (tertiary/aromatic N) is 3. The maximum absolute atomic E-state index is 4.01. The molecule has 3 N–H and O–H groups in total. The van der Waals surface area contributed by atoms with E-state index < -0.39 is 0 Å². The summed E-state index contributed by atoms with van der Waals surface area (Å²) in [6, 6.07) is 2.17. The molecule has 0 aromatic carbocycles. The Labute approximate surface area is 81.1 Å². The van der Waals surface area contributed by atoms with Gasteiger partial charge < -0.3 is 5.32 Å². The monoisotopic (exact) mass is 192 g/mol. The summed E-state index contributed by atoms with van der Waals surface area (Å²) in [5, 5.41) is 16.6. The van der Waals surface area contributed by atoms with Crippen LogP contribution in [-0.2, 0) is 6.54 Å². The molecule has 1 atom stereocenters. The van der Waals surface area contributed by atoms with Gasteiger partial charge in [-0.3, -0.25) is 10.2 Å². The van der Waals surface area contributed by atoms with Crippen LogP contribution in [0.4, 0.5) is 0 Å². The topological polar surface area (TPSA) is 82.3 Å². The highest BCUT2D eigenvalue weighted by molar-refractivity contribution is 5.03. The van der Waals surface area contributed by atoms with Crippen molar-refractivity contribution in [1.82, 2.24) is 30.7 Å². The number of rotatable bonds is 4. The summed E-state index contributed by atoms with van der Waals surface area (Å²) in [7, 11) is 0. The van der Waals surface area contributed by atoms with Gasteiger partial charge in [-0.1, -0.05) is 0 Å². The van der Waals surface area contributed by atoms with Crippen LogP contribution in [0.5, 0.6) is 0 Å². The fourth-order valence-electron chi connectivity index (χ4n) is 1.18. The van der Waals surface area contributed by atoms with E-state index in [-0.39, 0.29) is 6.04 Å². The molecular weight excluding hydrogens is 180 g/mol. The van der Waals surface area contributed by atoms with Gasteiger partial charge in [0.15, 0.2) is 0 Å². The van der Waals surface area contributed by atoms with Crippen LogP contribution in [0.15, 0.2) is 18.6 Å². The van der Waals surface area contributed by atoms with Crippen molar-refractivity contribution in [2.75, 3.05) is 0 Å². The quantitative estimate of drug-likeness (QED) is 0.654. The molecule has 0 saturated carbocycles. The van der Waals surface area contributed by atoms with E-state index in [0.717, 1.165) is 11.5 Å². The lowest BCUT2D eigenvalue weighted by molar-refractivity contribution is 0.547. The third-order valence-corrected chi connectivity index (χ3v) is 2.03. The summed E-state index contributed by atoms with van der Waals surface area (Å²) < 4.78 is 0. The first-order valence-electron chi connectivity index (χ1n) is 4.43. The number of aromatic amines is 2. The van der Waals surface area contributed by atoms with E-state index in [9.17, 15) is 0 Å². The molecule has 74 valence electrons. The lowest BCUT2D eigenvalue weighted by atomic mass is 10.2. The highest BCUT2D eigenvalue weighted by atomic mass is 15.2. The number of nitrogens with one attached hydrogen (secondary N) is 3. The van der Waals surface area contributed by atoms with E-state index in [1.807, 2.05) is 6.07 Å². The van der Waals surface area contributed by atoms with Crippen molar-refractivity contribution in [3.05, 3.63) is 30.1 Å². The van der Waals surface area contributed by atoms with Gasteiger partial charge in [-0.2, -0.15) is 10.2 Å². The second-order valence-electron chi connectivity index (χ2n) is 3.05. The highest BCUT2D eigenvalue weighted by Gasteiger charge is 2.05. The van der Waals surface area contributed by atoms with Crippen LogP contribution >= 0.6 is 0 Å². The van der Waals surface area contributed by atoms with Gasteiger partial charge in [0.1, 0.15) is 12.2 Å². The molecule has 2 aromatic rings. The number of aromatic nitrogens is 5. The van der Waals surface area contributed by atoms with Crippen LogP contribution < -0.4 is 5.32 Å². The minimum absolute atomic E-state index is 0.225. The van der Waals surface area contributed by atoms with Crippen molar-refractivity contribution in [1.29, 1.82) is 0 Å². The molecule has 0 aliphatic carbocycles. The van der Waals surface area contributed by atoms with Gasteiger partial charge in [0, 0.05) is 12.2 Å². The minimum atomic E-state index is 0.225. The Kier molecular flexibility index (Phi) is 2.55. The van der Waals surface area contributed by atoms with E-state index >= 15 is 0 Å². The summed E-state index contributed by atoms with van der Waals surface area (Å²) in [6.07, 6.45) is 3.24. The van der Waals surface area contributed by atoms with Gasteiger partial charge in [0.2, 0.25) is 0 Å². The number of hydrogen-bond donors (Lipinski definition) is 3. The minimum Gasteiger partial charge on any atom is -0.302 e. The van der Waals surface area contributed by atoms with Crippen molar-refractivity contribution >= 4 is 0 Å². The van der Waals surface area contributed by atoms with Gasteiger partial charge in [-0.05, 0) is 13.0 Å². The largest absolute Gasteiger partial charge is 0.302 e. The molecule has 0 amide bonds. The van der Waals surface area contributed by atoms with Crippen LogP contribution in [0.3, 0.4) is 0 Å². The lowest BCUT2D eigenvalue weighted by Crippen LogP contribution is -2.19. The number of H-pyrrole nitrogens is 2. The Morgan fingerprint density at radius 1 is 1.43 bits per heavy atom. The first-order valence-corrected chi connectivity index (χ1v) is 4.43. The molecule has 0 spiro atoms. The Morgan fingerprint density at radius 2 is 2.36 bits per heavy atom. The van der Waals surface area contributed by atoms with Gasteiger partial charge in [-0.15, -0.1) is 0 Å². The van der Waals surface area contributed by atoms with E-state index in [1.165, 1.54) is 6.33 Å². The molecule has 0 radical (unpaired) electrons. The molecule has 0 fully saturated rings. The Hall–Kier alpha value is -1.69. The van der Waals surface area contributed by atoms with Gasteiger partial charge in [0.25, 0.3) is 0 Å². The molecule has 1 unspecified atom stereocenters. The second-order valence-corrected chi connectivity index (χ2v) is 3.05. The van der Waals surface area contributed by atoms with E-state index in [1.54, 1.807) is 6.20 Å². The molecule has 0 aliphatic rings. The van der Waals surface area contributed by atoms with Gasteiger partial charge in [0.05, 0.1) is 12.2 Å². The zero-order valence-corrected chi connectivity index (χ0v) is 7.86. The van der Waals surface area contributed by atoms with Crippen LogP contribution in [0.25, 0.3) is 0 Å². The van der Waals surface area contributed by atoms with Crippen LogP contribution in [0.1, 0.15) is 24.5 Å². The molecule has 0 bridgehead atoms. The third kappa shape index (κ3) is 1.97. The summed E-state index contributed by atoms with van der Waals surface area (Å²) >= 11 is 0. The van der Waals surface area contributed by atoms with Crippen molar-refractivity contribution < 1.29 is 0 Å². The zero-order chi connectivity index (χ0) is 9.80. The average molecular weight is 192 g/mol. The van der Waals surface area contributed by atoms with Crippen LogP contribution in [0.2, 0.25) is 0 Å². The highest BCUT2D eigenvalue weighted by Crippen LogP contribution is 2.07. The van der Waals surface area contributed by atoms with Crippen LogP contribution in [0, 0.1) is 0 Å². The fourth-order valence-corrected chi connectivity index (χ4v) is 1.18. The molecule has 6 nitrogen and oxygen atoms in total. The molecule has 0 aliphatic heterocycles. The molecule has 14 heavy (non-hydrogen) atoms.